The van der Waals surface area contributed by atoms with E-state index >= 15 is 0 Å². The molecular formula is C14H14ClFN4O. The van der Waals surface area contributed by atoms with Crippen LogP contribution in [0.3, 0.4) is 0 Å². The first-order chi connectivity index (χ1) is 10.0. The largest absolute Gasteiger partial charge is 0.461 e. The SMILES string of the molecule is CC(C)Oc1nc(Cl)nc(N2CCc3ccc(F)cc32)n1. The summed E-state index contributed by atoms with van der Waals surface area (Å²) in [5.74, 6) is 0.0782. The Morgan fingerprint density at radius 2 is 2.10 bits per heavy atom. The molecule has 0 amide bonds. The van der Waals surface area contributed by atoms with Gasteiger partial charge in [0.2, 0.25) is 11.2 Å². The summed E-state index contributed by atoms with van der Waals surface area (Å²) in [5.41, 5.74) is 1.81. The molecular weight excluding hydrogens is 295 g/mol. The molecule has 0 saturated carbocycles. The van der Waals surface area contributed by atoms with Crippen molar-refractivity contribution in [2.45, 2.75) is 26.4 Å². The van der Waals surface area contributed by atoms with E-state index < -0.39 is 0 Å². The van der Waals surface area contributed by atoms with Crippen LogP contribution in [0.4, 0.5) is 16.0 Å². The summed E-state index contributed by atoms with van der Waals surface area (Å²) in [5, 5.41) is 0.0560. The molecule has 0 bridgehead atoms. The van der Waals surface area contributed by atoms with E-state index in [1.54, 1.807) is 6.07 Å². The van der Waals surface area contributed by atoms with Crippen LogP contribution in [-0.4, -0.2) is 27.6 Å². The number of halogens is 2. The molecule has 1 aliphatic heterocycles. The van der Waals surface area contributed by atoms with E-state index in [1.807, 2.05) is 18.7 Å². The van der Waals surface area contributed by atoms with Crippen LogP contribution < -0.4 is 9.64 Å². The molecule has 0 N–H and O–H groups in total. The van der Waals surface area contributed by atoms with Gasteiger partial charge in [-0.25, -0.2) is 4.39 Å². The summed E-state index contributed by atoms with van der Waals surface area (Å²) in [6.07, 6.45) is 0.735. The van der Waals surface area contributed by atoms with Crippen molar-refractivity contribution in [3.63, 3.8) is 0 Å². The van der Waals surface area contributed by atoms with Crippen molar-refractivity contribution in [3.8, 4) is 6.01 Å². The van der Waals surface area contributed by atoms with Crippen LogP contribution in [0.1, 0.15) is 19.4 Å². The fraction of sp³-hybridized carbons (Fsp3) is 0.357. The summed E-state index contributed by atoms with van der Waals surface area (Å²) in [6, 6.07) is 4.88. The van der Waals surface area contributed by atoms with Gasteiger partial charge in [0.15, 0.2) is 0 Å². The predicted octanol–water partition coefficient (Wildman–Crippen LogP) is 3.15. The first-order valence-electron chi connectivity index (χ1n) is 6.67. The van der Waals surface area contributed by atoms with Gasteiger partial charge in [-0.2, -0.15) is 15.0 Å². The van der Waals surface area contributed by atoms with Gasteiger partial charge in [0.05, 0.1) is 11.8 Å². The van der Waals surface area contributed by atoms with E-state index in [0.717, 1.165) is 17.7 Å². The molecule has 2 aromatic rings. The Morgan fingerprint density at radius 3 is 2.86 bits per heavy atom. The third-order valence-electron chi connectivity index (χ3n) is 3.10. The number of nitrogens with zero attached hydrogens (tertiary/aromatic N) is 4. The number of anilines is 2. The monoisotopic (exact) mass is 308 g/mol. The quantitative estimate of drug-likeness (QED) is 0.872. The van der Waals surface area contributed by atoms with Crippen molar-refractivity contribution in [2.75, 3.05) is 11.4 Å². The van der Waals surface area contributed by atoms with Gasteiger partial charge in [0.25, 0.3) is 0 Å². The number of benzene rings is 1. The highest BCUT2D eigenvalue weighted by atomic mass is 35.5. The summed E-state index contributed by atoms with van der Waals surface area (Å²) < 4.78 is 18.9. The van der Waals surface area contributed by atoms with Crippen LogP contribution >= 0.6 is 11.6 Å². The number of hydrogen-bond donors (Lipinski definition) is 0. The molecule has 0 saturated heterocycles. The van der Waals surface area contributed by atoms with Crippen molar-refractivity contribution in [1.29, 1.82) is 0 Å². The minimum Gasteiger partial charge on any atom is -0.461 e. The van der Waals surface area contributed by atoms with Gasteiger partial charge in [0.1, 0.15) is 5.82 Å². The average molecular weight is 309 g/mol. The highest BCUT2D eigenvalue weighted by Gasteiger charge is 2.24. The Bertz CT molecular complexity index is 680. The van der Waals surface area contributed by atoms with E-state index in [0.29, 0.717) is 12.5 Å². The number of ether oxygens (including phenoxy) is 1. The molecule has 1 aliphatic rings. The van der Waals surface area contributed by atoms with Crippen LogP contribution in [0.15, 0.2) is 18.2 Å². The number of fused-ring (bicyclic) bond motifs is 1. The normalized spacial score (nSPS) is 13.7. The Labute approximate surface area is 126 Å². The van der Waals surface area contributed by atoms with Crippen molar-refractivity contribution >= 4 is 23.2 Å². The van der Waals surface area contributed by atoms with Gasteiger partial charge >= 0.3 is 6.01 Å². The molecule has 0 unspecified atom stereocenters. The van der Waals surface area contributed by atoms with Crippen molar-refractivity contribution in [1.82, 2.24) is 15.0 Å². The van der Waals surface area contributed by atoms with E-state index in [-0.39, 0.29) is 23.2 Å². The maximum Gasteiger partial charge on any atom is 0.322 e. The fourth-order valence-electron chi connectivity index (χ4n) is 2.27. The van der Waals surface area contributed by atoms with Crippen LogP contribution in [0.5, 0.6) is 6.01 Å². The van der Waals surface area contributed by atoms with Gasteiger partial charge in [-0.05, 0) is 49.6 Å². The third-order valence-corrected chi connectivity index (χ3v) is 3.27. The van der Waals surface area contributed by atoms with Crippen molar-refractivity contribution < 1.29 is 9.13 Å². The summed E-state index contributed by atoms with van der Waals surface area (Å²) in [4.78, 5) is 14.1. The van der Waals surface area contributed by atoms with Crippen LogP contribution in [0, 0.1) is 5.82 Å². The molecule has 0 atom stereocenters. The Balaban J connectivity index is 1.99. The second-order valence-corrected chi connectivity index (χ2v) is 5.37. The Hall–Kier alpha value is -1.95. The fourth-order valence-corrected chi connectivity index (χ4v) is 2.41. The lowest BCUT2D eigenvalue weighted by atomic mass is 10.2. The molecule has 1 aromatic heterocycles. The standard InChI is InChI=1S/C14H14ClFN4O/c1-8(2)21-14-18-12(15)17-13(19-14)20-6-5-9-3-4-10(16)7-11(9)20/h3-4,7-8H,5-6H2,1-2H3. The van der Waals surface area contributed by atoms with Crippen LogP contribution in [-0.2, 0) is 6.42 Å². The number of aromatic nitrogens is 3. The molecule has 0 fully saturated rings. The summed E-state index contributed by atoms with van der Waals surface area (Å²) >= 11 is 5.93. The topological polar surface area (TPSA) is 51.1 Å². The molecule has 110 valence electrons. The summed E-state index contributed by atoms with van der Waals surface area (Å²) in [7, 11) is 0. The van der Waals surface area contributed by atoms with Crippen LogP contribution in [0.2, 0.25) is 5.28 Å². The molecule has 7 heteroatoms. The highest BCUT2D eigenvalue weighted by Crippen LogP contribution is 2.33. The minimum absolute atomic E-state index is 0.0560. The van der Waals surface area contributed by atoms with Gasteiger partial charge in [-0.15, -0.1) is 0 Å². The zero-order chi connectivity index (χ0) is 15.0. The molecule has 0 spiro atoms. The highest BCUT2D eigenvalue weighted by molar-refractivity contribution is 6.28. The molecule has 0 radical (unpaired) electrons. The van der Waals surface area contributed by atoms with Gasteiger partial charge < -0.3 is 9.64 Å². The third kappa shape index (κ3) is 2.90. The lowest BCUT2D eigenvalue weighted by Crippen LogP contribution is -2.18. The number of rotatable bonds is 3. The van der Waals surface area contributed by atoms with E-state index in [9.17, 15) is 4.39 Å². The average Bonchev–Trinajstić information content (AvgIpc) is 2.80. The molecule has 21 heavy (non-hydrogen) atoms. The minimum atomic E-state index is -0.292. The second-order valence-electron chi connectivity index (χ2n) is 5.03. The van der Waals surface area contributed by atoms with Crippen molar-refractivity contribution in [2.24, 2.45) is 0 Å². The number of hydrogen-bond acceptors (Lipinski definition) is 5. The Morgan fingerprint density at radius 1 is 1.29 bits per heavy atom. The Kier molecular flexibility index (Phi) is 3.63. The van der Waals surface area contributed by atoms with Gasteiger partial charge in [-0.1, -0.05) is 6.07 Å². The van der Waals surface area contributed by atoms with Crippen LogP contribution in [0.25, 0.3) is 0 Å². The van der Waals surface area contributed by atoms with Crippen molar-refractivity contribution in [3.05, 3.63) is 34.9 Å². The van der Waals surface area contributed by atoms with E-state index in [1.165, 1.54) is 12.1 Å². The maximum atomic E-state index is 13.5. The zero-order valence-electron chi connectivity index (χ0n) is 11.7. The zero-order valence-corrected chi connectivity index (χ0v) is 12.4. The molecule has 5 nitrogen and oxygen atoms in total. The first-order valence-corrected chi connectivity index (χ1v) is 7.05. The van der Waals surface area contributed by atoms with E-state index in [4.69, 9.17) is 16.3 Å². The van der Waals surface area contributed by atoms with Gasteiger partial charge in [-0.3, -0.25) is 0 Å². The molecule has 1 aromatic carbocycles. The summed E-state index contributed by atoms with van der Waals surface area (Å²) in [6.45, 7) is 4.41. The lowest BCUT2D eigenvalue weighted by molar-refractivity contribution is 0.221. The molecule has 3 rings (SSSR count). The molecule has 0 aliphatic carbocycles. The maximum absolute atomic E-state index is 13.5. The van der Waals surface area contributed by atoms with E-state index in [2.05, 4.69) is 15.0 Å². The second kappa shape index (κ2) is 5.44. The smallest absolute Gasteiger partial charge is 0.322 e. The first kappa shape index (κ1) is 14.0. The van der Waals surface area contributed by atoms with Gasteiger partial charge in [0, 0.05) is 6.54 Å². The molecule has 2 heterocycles. The lowest BCUT2D eigenvalue weighted by Gasteiger charge is -2.18. The predicted molar refractivity (Wildman–Crippen MR) is 77.7 cm³/mol.